The fourth-order valence-electron chi connectivity index (χ4n) is 2.57. The van der Waals surface area contributed by atoms with Crippen molar-refractivity contribution in [2.45, 2.75) is 24.1 Å². The number of nitrogens with one attached hydrogen (secondary N) is 1. The molecule has 1 N–H and O–H groups in total. The molecule has 24 heavy (non-hydrogen) atoms. The van der Waals surface area contributed by atoms with Gasteiger partial charge < -0.3 is 9.73 Å². The highest BCUT2D eigenvalue weighted by atomic mass is 32.2. The normalized spacial score (nSPS) is 22.4. The van der Waals surface area contributed by atoms with Crippen LogP contribution in [0.5, 0.6) is 0 Å². The number of carbonyl (C=O) groups excluding carboxylic acids is 1. The van der Waals surface area contributed by atoms with Gasteiger partial charge in [-0.3, -0.25) is 4.79 Å². The van der Waals surface area contributed by atoms with Crippen molar-refractivity contribution in [2.24, 2.45) is 0 Å². The van der Waals surface area contributed by atoms with E-state index in [1.165, 1.54) is 0 Å². The average Bonchev–Trinajstić information content (AvgIpc) is 3.10. The van der Waals surface area contributed by atoms with Crippen LogP contribution in [-0.4, -0.2) is 47.3 Å². The van der Waals surface area contributed by atoms with Gasteiger partial charge in [0.2, 0.25) is 11.8 Å². The SMILES string of the molecule is C[C@]1(NC(=O)CSc2nnc(-c3ccccc3)o2)CCS(=O)(=O)C1. The fourth-order valence-corrected chi connectivity index (χ4v) is 5.23. The molecular weight excluding hydrogens is 350 g/mol. The molecule has 1 amide bonds. The van der Waals surface area contributed by atoms with Crippen molar-refractivity contribution in [3.8, 4) is 11.5 Å². The van der Waals surface area contributed by atoms with Crippen LogP contribution in [0.4, 0.5) is 0 Å². The van der Waals surface area contributed by atoms with Gasteiger partial charge in [0.25, 0.3) is 5.22 Å². The maximum atomic E-state index is 12.0. The quantitative estimate of drug-likeness (QED) is 0.799. The standard InChI is InChI=1S/C15H17N3O4S2/c1-15(7-8-24(20,21)10-15)16-12(19)9-23-14-18-17-13(22-14)11-5-3-2-4-6-11/h2-6H,7-10H2,1H3,(H,16,19)/t15-/m0/s1. The second kappa shape index (κ2) is 6.56. The Morgan fingerprint density at radius 2 is 2.08 bits per heavy atom. The Balaban J connectivity index is 1.55. The third-order valence-corrected chi connectivity index (χ3v) is 6.42. The predicted molar refractivity (Wildman–Crippen MR) is 90.3 cm³/mol. The summed E-state index contributed by atoms with van der Waals surface area (Å²) in [6, 6.07) is 9.35. The largest absolute Gasteiger partial charge is 0.411 e. The van der Waals surface area contributed by atoms with E-state index in [2.05, 4.69) is 15.5 Å². The molecule has 3 rings (SSSR count). The van der Waals surface area contributed by atoms with Crippen LogP contribution in [0.2, 0.25) is 0 Å². The highest BCUT2D eigenvalue weighted by Crippen LogP contribution is 2.25. The Hall–Kier alpha value is -1.87. The molecule has 9 heteroatoms. The lowest BCUT2D eigenvalue weighted by molar-refractivity contribution is -0.120. The van der Waals surface area contributed by atoms with Gasteiger partial charge in [0, 0.05) is 5.56 Å². The van der Waals surface area contributed by atoms with E-state index < -0.39 is 15.4 Å². The molecule has 7 nitrogen and oxygen atoms in total. The summed E-state index contributed by atoms with van der Waals surface area (Å²) in [4.78, 5) is 12.0. The minimum Gasteiger partial charge on any atom is -0.411 e. The van der Waals surface area contributed by atoms with Crippen LogP contribution in [0, 0.1) is 0 Å². The van der Waals surface area contributed by atoms with Gasteiger partial charge in [-0.1, -0.05) is 30.0 Å². The highest BCUT2D eigenvalue weighted by Gasteiger charge is 2.39. The molecule has 0 spiro atoms. The number of hydrogen-bond donors (Lipinski definition) is 1. The number of rotatable bonds is 5. The third-order valence-electron chi connectivity index (χ3n) is 3.70. The van der Waals surface area contributed by atoms with Crippen molar-refractivity contribution in [2.75, 3.05) is 17.3 Å². The first kappa shape index (κ1) is 17.0. The van der Waals surface area contributed by atoms with Gasteiger partial charge in [0.1, 0.15) is 0 Å². The lowest BCUT2D eigenvalue weighted by atomic mass is 10.0. The Labute approximate surface area is 144 Å². The molecule has 1 saturated heterocycles. The summed E-state index contributed by atoms with van der Waals surface area (Å²) in [7, 11) is -3.06. The maximum Gasteiger partial charge on any atom is 0.277 e. The van der Waals surface area contributed by atoms with Crippen molar-refractivity contribution in [3.05, 3.63) is 30.3 Å². The van der Waals surface area contributed by atoms with Crippen molar-refractivity contribution < 1.29 is 17.6 Å². The minimum atomic E-state index is -3.06. The topological polar surface area (TPSA) is 102 Å². The highest BCUT2D eigenvalue weighted by molar-refractivity contribution is 7.99. The molecule has 0 bridgehead atoms. The molecule has 2 aromatic rings. The van der Waals surface area contributed by atoms with Crippen molar-refractivity contribution in [1.29, 1.82) is 0 Å². The molecule has 0 unspecified atom stereocenters. The zero-order chi connectivity index (χ0) is 17.2. The number of carbonyl (C=O) groups is 1. The molecule has 0 radical (unpaired) electrons. The first-order valence-electron chi connectivity index (χ1n) is 7.38. The minimum absolute atomic E-state index is 0.0187. The molecule has 1 aromatic carbocycles. The monoisotopic (exact) mass is 367 g/mol. The molecular formula is C15H17N3O4S2. The average molecular weight is 367 g/mol. The van der Waals surface area contributed by atoms with E-state index in [0.29, 0.717) is 17.5 Å². The lowest BCUT2D eigenvalue weighted by Crippen LogP contribution is -2.47. The molecule has 1 atom stereocenters. The number of sulfone groups is 1. The van der Waals surface area contributed by atoms with Gasteiger partial charge in [0.15, 0.2) is 9.84 Å². The zero-order valence-electron chi connectivity index (χ0n) is 13.1. The molecule has 0 aliphatic carbocycles. The molecule has 1 aliphatic rings. The summed E-state index contributed by atoms with van der Waals surface area (Å²) >= 11 is 1.12. The Morgan fingerprint density at radius 1 is 1.33 bits per heavy atom. The predicted octanol–water partition coefficient (Wildman–Crippen LogP) is 1.52. The molecule has 0 saturated carbocycles. The molecule has 128 valence electrons. The molecule has 1 fully saturated rings. The smallest absolute Gasteiger partial charge is 0.277 e. The summed E-state index contributed by atoms with van der Waals surface area (Å²) < 4.78 is 28.6. The first-order chi connectivity index (χ1) is 11.4. The van der Waals surface area contributed by atoms with Gasteiger partial charge in [-0.2, -0.15) is 0 Å². The first-order valence-corrected chi connectivity index (χ1v) is 10.2. The number of hydrogen-bond acceptors (Lipinski definition) is 7. The van der Waals surface area contributed by atoms with Crippen LogP contribution in [0.3, 0.4) is 0 Å². The van der Waals surface area contributed by atoms with Crippen LogP contribution in [-0.2, 0) is 14.6 Å². The van der Waals surface area contributed by atoms with Crippen molar-refractivity contribution >= 4 is 27.5 Å². The Kier molecular flexibility index (Phi) is 4.64. The molecule has 2 heterocycles. The number of nitrogens with zero attached hydrogens (tertiary/aromatic N) is 2. The lowest BCUT2D eigenvalue weighted by Gasteiger charge is -2.23. The summed E-state index contributed by atoms with van der Waals surface area (Å²) in [6.07, 6.45) is 0.435. The number of aromatic nitrogens is 2. The van der Waals surface area contributed by atoms with E-state index in [1.807, 2.05) is 30.3 Å². The summed E-state index contributed by atoms with van der Waals surface area (Å²) in [5, 5.41) is 10.9. The van der Waals surface area contributed by atoms with E-state index in [4.69, 9.17) is 4.42 Å². The van der Waals surface area contributed by atoms with Crippen LogP contribution in [0.1, 0.15) is 13.3 Å². The van der Waals surface area contributed by atoms with Gasteiger partial charge in [-0.05, 0) is 25.5 Å². The third kappa shape index (κ3) is 4.15. The number of benzene rings is 1. The van der Waals surface area contributed by atoms with Crippen molar-refractivity contribution in [3.63, 3.8) is 0 Å². The van der Waals surface area contributed by atoms with Gasteiger partial charge in [-0.25, -0.2) is 8.42 Å². The van der Waals surface area contributed by atoms with E-state index >= 15 is 0 Å². The summed E-state index contributed by atoms with van der Waals surface area (Å²) in [6.45, 7) is 1.75. The van der Waals surface area contributed by atoms with E-state index in [0.717, 1.165) is 17.3 Å². The van der Waals surface area contributed by atoms with Crippen LogP contribution >= 0.6 is 11.8 Å². The van der Waals surface area contributed by atoms with Crippen LogP contribution < -0.4 is 5.32 Å². The van der Waals surface area contributed by atoms with Crippen LogP contribution in [0.15, 0.2) is 40.0 Å². The summed E-state index contributed by atoms with van der Waals surface area (Å²) in [5.41, 5.74) is 0.116. The zero-order valence-corrected chi connectivity index (χ0v) is 14.7. The molecule has 1 aliphatic heterocycles. The van der Waals surface area contributed by atoms with Crippen molar-refractivity contribution in [1.82, 2.24) is 15.5 Å². The maximum absolute atomic E-state index is 12.0. The van der Waals surface area contributed by atoms with E-state index in [9.17, 15) is 13.2 Å². The Bertz CT molecular complexity index is 835. The van der Waals surface area contributed by atoms with Crippen LogP contribution in [0.25, 0.3) is 11.5 Å². The Morgan fingerprint density at radius 3 is 2.75 bits per heavy atom. The van der Waals surface area contributed by atoms with E-state index in [1.54, 1.807) is 6.92 Å². The number of thioether (sulfide) groups is 1. The fraction of sp³-hybridized carbons (Fsp3) is 0.400. The second-order valence-electron chi connectivity index (χ2n) is 5.98. The van der Waals surface area contributed by atoms with Gasteiger partial charge in [-0.15, -0.1) is 10.2 Å². The molecule has 1 aromatic heterocycles. The van der Waals surface area contributed by atoms with Gasteiger partial charge in [0.05, 0.1) is 22.8 Å². The summed E-state index contributed by atoms with van der Waals surface area (Å²) in [5.74, 6) is 0.328. The van der Waals surface area contributed by atoms with Gasteiger partial charge >= 0.3 is 0 Å². The second-order valence-corrected chi connectivity index (χ2v) is 9.09. The van der Waals surface area contributed by atoms with E-state index in [-0.39, 0.29) is 23.2 Å². The number of amides is 1.